The van der Waals surface area contributed by atoms with Crippen molar-refractivity contribution < 1.29 is 35.9 Å². The van der Waals surface area contributed by atoms with Gasteiger partial charge in [0.2, 0.25) is 21.8 Å². The highest BCUT2D eigenvalue weighted by Gasteiger charge is 2.33. The molecular formula is C33H40F3N3O5S. The van der Waals surface area contributed by atoms with E-state index in [1.54, 1.807) is 18.2 Å². The highest BCUT2D eigenvalue weighted by Crippen LogP contribution is 2.32. The van der Waals surface area contributed by atoms with Gasteiger partial charge in [0.1, 0.15) is 11.8 Å². The molecule has 0 saturated carbocycles. The maximum atomic E-state index is 14.0. The van der Waals surface area contributed by atoms with Crippen molar-refractivity contribution in [1.29, 1.82) is 0 Å². The van der Waals surface area contributed by atoms with Gasteiger partial charge in [0.15, 0.2) is 0 Å². The van der Waals surface area contributed by atoms with Gasteiger partial charge in [-0.05, 0) is 68.7 Å². The molecular weight excluding hydrogens is 607 g/mol. The number of sulfonamides is 1. The molecule has 0 aromatic heterocycles. The SMILES string of the molecule is COc1cccc(CN(C(=O)CCCN(c2cccc(C(F)(F)F)c2)S(C)(=O)=O)[C@H](Cc2ccccc2)C(=O)NC(C)(C)C)c1. The standard InChI is InChI=1S/C33H40F3N3O5S/c1-32(2,3)37-31(41)29(21-24-12-7-6-8-13-24)38(23-25-14-9-17-28(20-25)44-4)30(40)18-11-19-39(45(5,42)43)27-16-10-15-26(22-27)33(34,35)36/h6-10,12-17,20,22,29H,11,18-19,21,23H2,1-5H3,(H,37,41)/t29-/m1/s1. The van der Waals surface area contributed by atoms with Crippen LogP contribution in [0.1, 0.15) is 50.3 Å². The Morgan fingerprint density at radius 1 is 0.911 bits per heavy atom. The van der Waals surface area contributed by atoms with Gasteiger partial charge < -0.3 is 15.0 Å². The molecule has 1 N–H and O–H groups in total. The Kier molecular flexibility index (Phi) is 11.7. The third-order valence-electron chi connectivity index (χ3n) is 6.87. The Morgan fingerprint density at radius 3 is 2.16 bits per heavy atom. The van der Waals surface area contributed by atoms with Crippen molar-refractivity contribution in [3.05, 3.63) is 95.6 Å². The van der Waals surface area contributed by atoms with Crippen LogP contribution in [-0.2, 0) is 38.8 Å². The van der Waals surface area contributed by atoms with Gasteiger partial charge >= 0.3 is 6.18 Å². The minimum Gasteiger partial charge on any atom is -0.497 e. The summed E-state index contributed by atoms with van der Waals surface area (Å²) in [6, 6.07) is 19.5. The lowest BCUT2D eigenvalue weighted by Crippen LogP contribution is -2.54. The van der Waals surface area contributed by atoms with Gasteiger partial charge in [-0.2, -0.15) is 13.2 Å². The molecule has 12 heteroatoms. The van der Waals surface area contributed by atoms with Gasteiger partial charge in [-0.1, -0.05) is 48.5 Å². The van der Waals surface area contributed by atoms with Crippen LogP contribution in [0.3, 0.4) is 0 Å². The van der Waals surface area contributed by atoms with Gasteiger partial charge in [-0.3, -0.25) is 13.9 Å². The summed E-state index contributed by atoms with van der Waals surface area (Å²) in [6.07, 6.45) is -3.70. The Morgan fingerprint density at radius 2 is 1.56 bits per heavy atom. The van der Waals surface area contributed by atoms with Crippen molar-refractivity contribution in [1.82, 2.24) is 10.2 Å². The quantitative estimate of drug-likeness (QED) is 0.253. The van der Waals surface area contributed by atoms with Crippen molar-refractivity contribution >= 4 is 27.5 Å². The summed E-state index contributed by atoms with van der Waals surface area (Å²) >= 11 is 0. The fourth-order valence-corrected chi connectivity index (χ4v) is 5.77. The molecule has 3 aromatic carbocycles. The maximum absolute atomic E-state index is 14.0. The molecule has 0 saturated heterocycles. The molecule has 45 heavy (non-hydrogen) atoms. The van der Waals surface area contributed by atoms with Crippen molar-refractivity contribution in [2.75, 3.05) is 24.2 Å². The number of amides is 2. The first-order valence-corrected chi connectivity index (χ1v) is 16.3. The van der Waals surface area contributed by atoms with Gasteiger partial charge in [-0.15, -0.1) is 0 Å². The zero-order valence-electron chi connectivity index (χ0n) is 26.1. The molecule has 0 radical (unpaired) electrons. The Bertz CT molecular complexity index is 1560. The second-order valence-electron chi connectivity index (χ2n) is 11.8. The molecule has 0 aliphatic rings. The van der Waals surface area contributed by atoms with Crippen LogP contribution in [-0.4, -0.2) is 56.6 Å². The summed E-state index contributed by atoms with van der Waals surface area (Å²) in [6.45, 7) is 5.34. The van der Waals surface area contributed by atoms with Crippen LogP contribution < -0.4 is 14.4 Å². The second kappa shape index (κ2) is 14.8. The molecule has 2 amide bonds. The Labute approximate surface area is 263 Å². The summed E-state index contributed by atoms with van der Waals surface area (Å²) < 4.78 is 71.5. The zero-order valence-corrected chi connectivity index (χ0v) is 26.9. The average Bonchev–Trinajstić information content (AvgIpc) is 2.95. The molecule has 0 bridgehead atoms. The molecule has 0 unspecified atom stereocenters. The summed E-state index contributed by atoms with van der Waals surface area (Å²) in [5, 5.41) is 2.98. The molecule has 0 heterocycles. The summed E-state index contributed by atoms with van der Waals surface area (Å²) in [5.74, 6) is -0.201. The van der Waals surface area contributed by atoms with E-state index in [0.29, 0.717) is 11.3 Å². The first kappa shape index (κ1) is 35.4. The first-order chi connectivity index (χ1) is 21.0. The molecule has 0 spiro atoms. The minimum atomic E-state index is -4.66. The van der Waals surface area contributed by atoms with E-state index in [1.165, 1.54) is 18.1 Å². The zero-order chi connectivity index (χ0) is 33.4. The molecule has 1 atom stereocenters. The fraction of sp³-hybridized carbons (Fsp3) is 0.394. The maximum Gasteiger partial charge on any atom is 0.416 e. The number of halogens is 3. The van der Waals surface area contributed by atoms with Crippen LogP contribution in [0.4, 0.5) is 18.9 Å². The van der Waals surface area contributed by atoms with Crippen LogP contribution in [0.15, 0.2) is 78.9 Å². The number of carbonyl (C=O) groups is 2. The lowest BCUT2D eigenvalue weighted by atomic mass is 10.00. The monoisotopic (exact) mass is 647 g/mol. The average molecular weight is 648 g/mol. The highest BCUT2D eigenvalue weighted by molar-refractivity contribution is 7.92. The summed E-state index contributed by atoms with van der Waals surface area (Å²) in [4.78, 5) is 29.1. The van der Waals surface area contributed by atoms with E-state index >= 15 is 0 Å². The van der Waals surface area contributed by atoms with Crippen molar-refractivity contribution in [3.8, 4) is 5.75 Å². The number of hydrogen-bond donors (Lipinski definition) is 1. The lowest BCUT2D eigenvalue weighted by Gasteiger charge is -2.34. The van der Waals surface area contributed by atoms with E-state index in [-0.39, 0.29) is 43.9 Å². The number of benzene rings is 3. The number of nitrogens with zero attached hydrogens (tertiary/aromatic N) is 2. The fourth-order valence-electron chi connectivity index (χ4n) is 4.82. The molecule has 0 aliphatic heterocycles. The van der Waals surface area contributed by atoms with Crippen molar-refractivity contribution in [2.45, 2.75) is 64.3 Å². The molecule has 3 rings (SSSR count). The number of ether oxygens (including phenoxy) is 1. The lowest BCUT2D eigenvalue weighted by molar-refractivity contribution is -0.142. The smallest absolute Gasteiger partial charge is 0.416 e. The number of anilines is 1. The highest BCUT2D eigenvalue weighted by atomic mass is 32.2. The van der Waals surface area contributed by atoms with Crippen LogP contribution in [0.25, 0.3) is 0 Å². The van der Waals surface area contributed by atoms with E-state index in [1.807, 2.05) is 57.2 Å². The predicted molar refractivity (Wildman–Crippen MR) is 168 cm³/mol. The summed E-state index contributed by atoms with van der Waals surface area (Å²) in [5.41, 5.74) is -0.173. The predicted octanol–water partition coefficient (Wildman–Crippen LogP) is 5.82. The molecule has 0 fully saturated rings. The van der Waals surface area contributed by atoms with E-state index in [9.17, 15) is 31.2 Å². The Balaban J connectivity index is 1.93. The van der Waals surface area contributed by atoms with E-state index < -0.39 is 39.3 Å². The van der Waals surface area contributed by atoms with E-state index in [2.05, 4.69) is 5.32 Å². The van der Waals surface area contributed by atoms with Crippen molar-refractivity contribution in [2.24, 2.45) is 0 Å². The topological polar surface area (TPSA) is 96.0 Å². The van der Waals surface area contributed by atoms with E-state index in [0.717, 1.165) is 34.3 Å². The number of methoxy groups -OCH3 is 1. The normalized spacial score (nSPS) is 12.7. The number of hydrogen-bond acceptors (Lipinski definition) is 5. The van der Waals surface area contributed by atoms with Crippen LogP contribution in [0.5, 0.6) is 5.75 Å². The van der Waals surface area contributed by atoms with Gasteiger partial charge in [0.25, 0.3) is 0 Å². The van der Waals surface area contributed by atoms with Crippen LogP contribution in [0.2, 0.25) is 0 Å². The first-order valence-electron chi connectivity index (χ1n) is 14.4. The molecule has 0 aliphatic carbocycles. The van der Waals surface area contributed by atoms with Gasteiger partial charge in [0.05, 0.1) is 24.6 Å². The van der Waals surface area contributed by atoms with Crippen molar-refractivity contribution in [3.63, 3.8) is 0 Å². The molecule has 3 aromatic rings. The third-order valence-corrected chi connectivity index (χ3v) is 8.06. The van der Waals surface area contributed by atoms with Crippen LogP contribution >= 0.6 is 0 Å². The number of carbonyl (C=O) groups excluding carboxylic acids is 2. The van der Waals surface area contributed by atoms with Crippen LogP contribution in [0, 0.1) is 0 Å². The molecule has 8 nitrogen and oxygen atoms in total. The molecule has 244 valence electrons. The number of alkyl halides is 3. The number of rotatable bonds is 13. The minimum absolute atomic E-state index is 0.00426. The largest absolute Gasteiger partial charge is 0.497 e. The van der Waals surface area contributed by atoms with E-state index in [4.69, 9.17) is 4.74 Å². The number of nitrogens with one attached hydrogen (secondary N) is 1. The Hall–Kier alpha value is -4.06. The second-order valence-corrected chi connectivity index (χ2v) is 13.7. The van der Waals surface area contributed by atoms with Gasteiger partial charge in [-0.25, -0.2) is 8.42 Å². The summed E-state index contributed by atoms with van der Waals surface area (Å²) in [7, 11) is -2.46. The third kappa shape index (κ3) is 10.8. The van der Waals surface area contributed by atoms with Gasteiger partial charge in [0, 0.05) is 31.5 Å².